The van der Waals surface area contributed by atoms with Crippen LogP contribution in [0, 0.1) is 11.8 Å². The molecule has 1 heterocycles. The number of likely N-dealkylation sites (tertiary alicyclic amines) is 1. The Hall–Kier alpha value is -2.93. The number of carbonyl (C=O) groups excluding carboxylic acids is 2. The summed E-state index contributed by atoms with van der Waals surface area (Å²) in [4.78, 5) is 27.2. The van der Waals surface area contributed by atoms with E-state index in [1.54, 1.807) is 42.5 Å². The van der Waals surface area contributed by atoms with Crippen LogP contribution in [0.3, 0.4) is 0 Å². The number of piperidine rings is 1. The first kappa shape index (κ1) is 24.7. The molecule has 6 nitrogen and oxygen atoms in total. The number of ether oxygens (including phenoxy) is 1. The molecule has 0 aliphatic carbocycles. The molecule has 1 aliphatic heterocycles. The van der Waals surface area contributed by atoms with E-state index < -0.39 is 0 Å². The van der Waals surface area contributed by atoms with Crippen molar-refractivity contribution < 1.29 is 14.3 Å². The molecule has 3 rings (SSSR count). The number of anilines is 1. The number of benzene rings is 2. The Kier molecular flexibility index (Phi) is 8.83. The van der Waals surface area contributed by atoms with Crippen LogP contribution in [0.2, 0.25) is 0 Å². The maximum Gasteiger partial charge on any atom is 0.257 e. The van der Waals surface area contributed by atoms with Crippen LogP contribution in [0.15, 0.2) is 48.5 Å². The number of nitrogens with one attached hydrogen (secondary N) is 2. The van der Waals surface area contributed by atoms with Crippen molar-refractivity contribution in [1.82, 2.24) is 10.2 Å². The van der Waals surface area contributed by atoms with Gasteiger partial charge in [-0.1, -0.05) is 26.8 Å². The Morgan fingerprint density at radius 1 is 1.09 bits per heavy atom. The summed E-state index contributed by atoms with van der Waals surface area (Å²) in [5, 5.41) is 5.88. The topological polar surface area (TPSA) is 70.7 Å². The SMILES string of the molecule is CC(C)CCOc1cccc(C(=O)NC(=S)Nc2ccc(C(=O)N3CCC(C)CC3)cc2)c1. The lowest BCUT2D eigenvalue weighted by Gasteiger charge is -2.30. The van der Waals surface area contributed by atoms with Crippen molar-refractivity contribution in [3.63, 3.8) is 0 Å². The summed E-state index contributed by atoms with van der Waals surface area (Å²) < 4.78 is 5.73. The Labute approximate surface area is 201 Å². The van der Waals surface area contributed by atoms with Crippen molar-refractivity contribution in [1.29, 1.82) is 0 Å². The molecule has 1 saturated heterocycles. The predicted molar refractivity (Wildman–Crippen MR) is 136 cm³/mol. The Morgan fingerprint density at radius 3 is 2.45 bits per heavy atom. The maximum absolute atomic E-state index is 12.7. The fourth-order valence-electron chi connectivity index (χ4n) is 3.57. The van der Waals surface area contributed by atoms with Gasteiger partial charge >= 0.3 is 0 Å². The van der Waals surface area contributed by atoms with Crippen LogP contribution < -0.4 is 15.4 Å². The summed E-state index contributed by atoms with van der Waals surface area (Å²) in [6.45, 7) is 8.73. The van der Waals surface area contributed by atoms with Gasteiger partial charge in [0.05, 0.1) is 6.61 Å². The average Bonchev–Trinajstić information content (AvgIpc) is 2.79. The molecule has 33 heavy (non-hydrogen) atoms. The van der Waals surface area contributed by atoms with Gasteiger partial charge in [0.1, 0.15) is 5.75 Å². The van der Waals surface area contributed by atoms with E-state index in [1.165, 1.54) is 0 Å². The number of rotatable bonds is 7. The van der Waals surface area contributed by atoms with Crippen molar-refractivity contribution in [2.24, 2.45) is 11.8 Å². The zero-order valence-corrected chi connectivity index (χ0v) is 20.4. The van der Waals surface area contributed by atoms with Crippen molar-refractivity contribution >= 4 is 34.8 Å². The van der Waals surface area contributed by atoms with Crippen LogP contribution in [0.1, 0.15) is 60.7 Å². The minimum Gasteiger partial charge on any atom is -0.494 e. The van der Waals surface area contributed by atoms with Gasteiger partial charge in [0, 0.05) is 29.9 Å². The van der Waals surface area contributed by atoms with Gasteiger partial charge in [-0.15, -0.1) is 0 Å². The number of hydrogen-bond donors (Lipinski definition) is 2. The highest BCUT2D eigenvalue weighted by molar-refractivity contribution is 7.80. The van der Waals surface area contributed by atoms with Crippen LogP contribution in [0.5, 0.6) is 5.75 Å². The van der Waals surface area contributed by atoms with E-state index in [1.807, 2.05) is 11.0 Å². The summed E-state index contributed by atoms with van der Waals surface area (Å²) in [7, 11) is 0. The van der Waals surface area contributed by atoms with E-state index in [0.29, 0.717) is 41.0 Å². The monoisotopic (exact) mass is 467 g/mol. The molecular formula is C26H33N3O3S. The zero-order chi connectivity index (χ0) is 23.8. The van der Waals surface area contributed by atoms with Gasteiger partial charge in [0.15, 0.2) is 5.11 Å². The molecule has 7 heteroatoms. The third-order valence-corrected chi connectivity index (χ3v) is 5.95. The number of thiocarbonyl (C=S) groups is 1. The van der Waals surface area contributed by atoms with Crippen LogP contribution in [-0.2, 0) is 0 Å². The molecule has 0 aromatic heterocycles. The summed E-state index contributed by atoms with van der Waals surface area (Å²) in [5.41, 5.74) is 1.83. The molecule has 2 aromatic carbocycles. The normalized spacial score (nSPS) is 14.1. The van der Waals surface area contributed by atoms with Crippen molar-refractivity contribution in [2.75, 3.05) is 25.0 Å². The zero-order valence-electron chi connectivity index (χ0n) is 19.6. The van der Waals surface area contributed by atoms with Crippen LogP contribution >= 0.6 is 12.2 Å². The van der Waals surface area contributed by atoms with Gasteiger partial charge in [-0.2, -0.15) is 0 Å². The second kappa shape index (κ2) is 11.8. The number of amides is 2. The Bertz CT molecular complexity index is 967. The van der Waals surface area contributed by atoms with E-state index >= 15 is 0 Å². The molecule has 2 aromatic rings. The molecule has 0 unspecified atom stereocenters. The highest BCUT2D eigenvalue weighted by Gasteiger charge is 2.21. The number of nitrogens with zero attached hydrogens (tertiary/aromatic N) is 1. The second-order valence-corrected chi connectivity index (χ2v) is 9.43. The highest BCUT2D eigenvalue weighted by Crippen LogP contribution is 2.19. The fourth-order valence-corrected chi connectivity index (χ4v) is 3.78. The first-order valence-electron chi connectivity index (χ1n) is 11.6. The molecule has 176 valence electrons. The quantitative estimate of drug-likeness (QED) is 0.554. The average molecular weight is 468 g/mol. The molecule has 1 fully saturated rings. The second-order valence-electron chi connectivity index (χ2n) is 9.02. The van der Waals surface area contributed by atoms with E-state index in [2.05, 4.69) is 31.4 Å². The third-order valence-electron chi connectivity index (χ3n) is 5.75. The van der Waals surface area contributed by atoms with Gasteiger partial charge in [-0.25, -0.2) is 0 Å². The highest BCUT2D eigenvalue weighted by atomic mass is 32.1. The Balaban J connectivity index is 1.51. The van der Waals surface area contributed by atoms with E-state index in [9.17, 15) is 9.59 Å². The lowest BCUT2D eigenvalue weighted by atomic mass is 9.98. The Morgan fingerprint density at radius 2 is 1.79 bits per heavy atom. The van der Waals surface area contributed by atoms with Crippen LogP contribution in [0.25, 0.3) is 0 Å². The molecule has 0 saturated carbocycles. The molecule has 1 aliphatic rings. The lowest BCUT2D eigenvalue weighted by Crippen LogP contribution is -2.37. The maximum atomic E-state index is 12.7. The minimum absolute atomic E-state index is 0.0554. The van der Waals surface area contributed by atoms with Gasteiger partial charge in [0.2, 0.25) is 0 Å². The summed E-state index contributed by atoms with van der Waals surface area (Å²) >= 11 is 5.29. The largest absolute Gasteiger partial charge is 0.494 e. The van der Waals surface area contributed by atoms with E-state index in [-0.39, 0.29) is 16.9 Å². The van der Waals surface area contributed by atoms with Gasteiger partial charge in [-0.05, 0) is 85.8 Å². The van der Waals surface area contributed by atoms with Gasteiger partial charge in [-0.3, -0.25) is 14.9 Å². The smallest absolute Gasteiger partial charge is 0.257 e. The molecule has 0 bridgehead atoms. The summed E-state index contributed by atoms with van der Waals surface area (Å²) in [5.74, 6) is 1.63. The van der Waals surface area contributed by atoms with E-state index in [0.717, 1.165) is 32.4 Å². The van der Waals surface area contributed by atoms with Crippen molar-refractivity contribution in [3.8, 4) is 5.75 Å². The van der Waals surface area contributed by atoms with Gasteiger partial charge in [0.25, 0.3) is 11.8 Å². The first-order chi connectivity index (χ1) is 15.8. The minimum atomic E-state index is -0.312. The van der Waals surface area contributed by atoms with E-state index in [4.69, 9.17) is 17.0 Å². The molecular weight excluding hydrogens is 434 g/mol. The molecule has 0 spiro atoms. The predicted octanol–water partition coefficient (Wildman–Crippen LogP) is 5.11. The van der Waals surface area contributed by atoms with Gasteiger partial charge < -0.3 is 15.0 Å². The molecule has 0 radical (unpaired) electrons. The molecule has 0 atom stereocenters. The number of hydrogen-bond acceptors (Lipinski definition) is 4. The number of carbonyl (C=O) groups is 2. The molecule has 2 N–H and O–H groups in total. The lowest BCUT2D eigenvalue weighted by molar-refractivity contribution is 0.0697. The van der Waals surface area contributed by atoms with Crippen molar-refractivity contribution in [2.45, 2.75) is 40.0 Å². The van der Waals surface area contributed by atoms with Crippen molar-refractivity contribution in [3.05, 3.63) is 59.7 Å². The summed E-state index contributed by atoms with van der Waals surface area (Å²) in [6.07, 6.45) is 3.05. The van der Waals surface area contributed by atoms with Crippen LogP contribution in [0.4, 0.5) is 5.69 Å². The third kappa shape index (κ3) is 7.56. The standard InChI is InChI=1S/C26H33N3O3S/c1-18(2)13-16-32-23-6-4-5-21(17-23)24(30)28-26(33)27-22-9-7-20(8-10-22)25(31)29-14-11-19(3)12-15-29/h4-10,17-19H,11-16H2,1-3H3,(H2,27,28,30,33). The summed E-state index contributed by atoms with van der Waals surface area (Å²) in [6, 6.07) is 14.2. The first-order valence-corrected chi connectivity index (χ1v) is 12.0. The molecule has 2 amide bonds. The van der Waals surface area contributed by atoms with Crippen LogP contribution in [-0.4, -0.2) is 41.5 Å². The fraction of sp³-hybridized carbons (Fsp3) is 0.423.